The minimum absolute atomic E-state index is 0.105. The molecule has 0 aromatic heterocycles. The molecule has 1 saturated heterocycles. The number of anilines is 1. The number of amides is 1. The smallest absolute Gasteiger partial charge is 0.293 e. The van der Waals surface area contributed by atoms with Crippen molar-refractivity contribution >= 4 is 17.3 Å². The van der Waals surface area contributed by atoms with Crippen LogP contribution in [-0.4, -0.2) is 37.6 Å². The minimum atomic E-state index is -0.502. The van der Waals surface area contributed by atoms with Crippen LogP contribution in [0.25, 0.3) is 0 Å². The van der Waals surface area contributed by atoms with Crippen molar-refractivity contribution in [2.24, 2.45) is 5.92 Å². The molecule has 1 aromatic carbocycles. The first-order chi connectivity index (χ1) is 10.1. The summed E-state index contributed by atoms with van der Waals surface area (Å²) in [5.74, 6) is 0.0144. The number of carbonyl (C=O) groups excluding carboxylic acids is 1. The molecule has 7 nitrogen and oxygen atoms in total. The molecule has 1 aliphatic rings. The van der Waals surface area contributed by atoms with Crippen molar-refractivity contribution in [1.82, 2.24) is 5.32 Å². The fourth-order valence-electron chi connectivity index (χ4n) is 2.34. The molecule has 1 unspecified atom stereocenters. The molecule has 0 saturated carbocycles. The van der Waals surface area contributed by atoms with E-state index in [4.69, 9.17) is 4.74 Å². The van der Waals surface area contributed by atoms with Crippen LogP contribution in [-0.2, 0) is 4.74 Å². The van der Waals surface area contributed by atoms with Crippen molar-refractivity contribution in [3.05, 3.63) is 33.9 Å². The van der Waals surface area contributed by atoms with E-state index in [0.29, 0.717) is 24.8 Å². The zero-order chi connectivity index (χ0) is 15.2. The topological polar surface area (TPSA) is 93.5 Å². The van der Waals surface area contributed by atoms with Gasteiger partial charge in [0.25, 0.3) is 11.6 Å². The highest BCUT2D eigenvalue weighted by atomic mass is 16.6. The highest BCUT2D eigenvalue weighted by molar-refractivity contribution is 5.95. The molecule has 1 aliphatic heterocycles. The highest BCUT2D eigenvalue weighted by Crippen LogP contribution is 2.25. The van der Waals surface area contributed by atoms with Crippen molar-refractivity contribution in [3.63, 3.8) is 0 Å². The number of nitrogens with zero attached hydrogens (tertiary/aromatic N) is 1. The number of rotatable bonds is 5. The first kappa shape index (κ1) is 15.2. The fourth-order valence-corrected chi connectivity index (χ4v) is 2.34. The third kappa shape index (κ3) is 3.91. The quantitative estimate of drug-likeness (QED) is 0.637. The number of nitro benzene ring substituents is 1. The van der Waals surface area contributed by atoms with E-state index in [-0.39, 0.29) is 17.2 Å². The molecule has 1 atom stereocenters. The van der Waals surface area contributed by atoms with Gasteiger partial charge in [-0.3, -0.25) is 14.9 Å². The Morgan fingerprint density at radius 2 is 2.33 bits per heavy atom. The second-order valence-electron chi connectivity index (χ2n) is 5.03. The number of nitrogens with one attached hydrogen (secondary N) is 2. The molecule has 1 amide bonds. The van der Waals surface area contributed by atoms with E-state index in [1.807, 2.05) is 0 Å². The van der Waals surface area contributed by atoms with E-state index in [0.717, 1.165) is 19.4 Å². The Balaban J connectivity index is 2.01. The van der Waals surface area contributed by atoms with Crippen LogP contribution in [0.2, 0.25) is 0 Å². The summed E-state index contributed by atoms with van der Waals surface area (Å²) in [6.07, 6.45) is 2.03. The SMILES string of the molecule is CNc1ccc(C(=O)NCC2CCCOC2)cc1[N+](=O)[O-]. The van der Waals surface area contributed by atoms with Gasteiger partial charge in [0.05, 0.1) is 11.5 Å². The van der Waals surface area contributed by atoms with Crippen LogP contribution in [0.5, 0.6) is 0 Å². The minimum Gasteiger partial charge on any atom is -0.383 e. The summed E-state index contributed by atoms with van der Waals surface area (Å²) in [5, 5.41) is 16.5. The Morgan fingerprint density at radius 1 is 1.52 bits per heavy atom. The Labute approximate surface area is 122 Å². The Morgan fingerprint density at radius 3 is 2.95 bits per heavy atom. The third-order valence-electron chi connectivity index (χ3n) is 3.53. The molecule has 1 fully saturated rings. The summed E-state index contributed by atoms with van der Waals surface area (Å²) >= 11 is 0. The standard InChI is InChI=1S/C14H19N3O4/c1-15-12-5-4-11(7-13(12)17(19)20)14(18)16-8-10-3-2-6-21-9-10/h4-5,7,10,15H,2-3,6,8-9H2,1H3,(H,16,18). The van der Waals surface area contributed by atoms with Gasteiger partial charge >= 0.3 is 0 Å². The molecule has 1 heterocycles. The molecule has 0 radical (unpaired) electrons. The maximum atomic E-state index is 12.1. The van der Waals surface area contributed by atoms with Gasteiger partial charge in [0.2, 0.25) is 0 Å². The number of nitro groups is 1. The molecule has 114 valence electrons. The molecule has 7 heteroatoms. The van der Waals surface area contributed by atoms with Gasteiger partial charge in [0.15, 0.2) is 0 Å². The maximum Gasteiger partial charge on any atom is 0.293 e. The van der Waals surface area contributed by atoms with E-state index in [9.17, 15) is 14.9 Å². The highest BCUT2D eigenvalue weighted by Gasteiger charge is 2.18. The van der Waals surface area contributed by atoms with Crippen molar-refractivity contribution in [3.8, 4) is 0 Å². The third-order valence-corrected chi connectivity index (χ3v) is 3.53. The zero-order valence-electron chi connectivity index (χ0n) is 11.9. The lowest BCUT2D eigenvalue weighted by Crippen LogP contribution is -2.33. The van der Waals surface area contributed by atoms with Crippen molar-refractivity contribution in [2.45, 2.75) is 12.8 Å². The van der Waals surface area contributed by atoms with Crippen molar-refractivity contribution in [2.75, 3.05) is 32.1 Å². The Kier molecular flexibility index (Phi) is 5.10. The molecular formula is C14H19N3O4. The van der Waals surface area contributed by atoms with Gasteiger partial charge in [0.1, 0.15) is 5.69 Å². The van der Waals surface area contributed by atoms with Crippen LogP contribution in [0.1, 0.15) is 23.2 Å². The Hall–Kier alpha value is -2.15. The van der Waals surface area contributed by atoms with Crippen LogP contribution >= 0.6 is 0 Å². The molecule has 2 N–H and O–H groups in total. The van der Waals surface area contributed by atoms with Gasteiger partial charge in [-0.1, -0.05) is 0 Å². The van der Waals surface area contributed by atoms with Gasteiger partial charge in [-0.05, 0) is 30.9 Å². The average molecular weight is 293 g/mol. The second-order valence-corrected chi connectivity index (χ2v) is 5.03. The van der Waals surface area contributed by atoms with E-state index in [2.05, 4.69) is 10.6 Å². The van der Waals surface area contributed by atoms with Crippen LogP contribution in [0.4, 0.5) is 11.4 Å². The first-order valence-corrected chi connectivity index (χ1v) is 6.94. The number of ether oxygens (including phenoxy) is 1. The van der Waals surface area contributed by atoms with Crippen LogP contribution in [0, 0.1) is 16.0 Å². The van der Waals surface area contributed by atoms with Crippen LogP contribution in [0.3, 0.4) is 0 Å². The fraction of sp³-hybridized carbons (Fsp3) is 0.500. The van der Waals surface area contributed by atoms with Gasteiger partial charge in [-0.25, -0.2) is 0 Å². The molecular weight excluding hydrogens is 274 g/mol. The second kappa shape index (κ2) is 7.03. The van der Waals surface area contributed by atoms with Gasteiger partial charge in [-0.2, -0.15) is 0 Å². The van der Waals surface area contributed by atoms with E-state index in [1.165, 1.54) is 12.1 Å². The molecule has 1 aromatic rings. The lowest BCUT2D eigenvalue weighted by Gasteiger charge is -2.22. The lowest BCUT2D eigenvalue weighted by molar-refractivity contribution is -0.384. The monoisotopic (exact) mass is 293 g/mol. The summed E-state index contributed by atoms with van der Waals surface area (Å²) in [5.41, 5.74) is 0.570. The summed E-state index contributed by atoms with van der Waals surface area (Å²) < 4.78 is 5.35. The van der Waals surface area contributed by atoms with Crippen LogP contribution in [0.15, 0.2) is 18.2 Å². The summed E-state index contributed by atoms with van der Waals surface area (Å²) in [6.45, 7) is 1.96. The van der Waals surface area contributed by atoms with Crippen molar-refractivity contribution < 1.29 is 14.5 Å². The van der Waals surface area contributed by atoms with Crippen LogP contribution < -0.4 is 10.6 Å². The predicted molar refractivity (Wildman–Crippen MR) is 78.5 cm³/mol. The molecule has 0 bridgehead atoms. The lowest BCUT2D eigenvalue weighted by atomic mass is 10.0. The first-order valence-electron chi connectivity index (χ1n) is 6.94. The Bertz CT molecular complexity index is 527. The maximum absolute atomic E-state index is 12.1. The van der Waals surface area contributed by atoms with E-state index >= 15 is 0 Å². The number of hydrogen-bond donors (Lipinski definition) is 2. The van der Waals surface area contributed by atoms with E-state index < -0.39 is 4.92 Å². The largest absolute Gasteiger partial charge is 0.383 e. The summed E-state index contributed by atoms with van der Waals surface area (Å²) in [4.78, 5) is 22.5. The molecule has 21 heavy (non-hydrogen) atoms. The summed E-state index contributed by atoms with van der Waals surface area (Å²) in [7, 11) is 1.60. The number of hydrogen-bond acceptors (Lipinski definition) is 5. The van der Waals surface area contributed by atoms with Gasteiger partial charge < -0.3 is 15.4 Å². The van der Waals surface area contributed by atoms with Gasteiger partial charge in [0, 0.05) is 31.8 Å². The predicted octanol–water partition coefficient (Wildman–Crippen LogP) is 1.79. The molecule has 2 rings (SSSR count). The number of benzene rings is 1. The van der Waals surface area contributed by atoms with Crippen molar-refractivity contribution in [1.29, 1.82) is 0 Å². The zero-order valence-corrected chi connectivity index (χ0v) is 11.9. The van der Waals surface area contributed by atoms with E-state index in [1.54, 1.807) is 13.1 Å². The number of carbonyl (C=O) groups is 1. The molecule has 0 spiro atoms. The van der Waals surface area contributed by atoms with Gasteiger partial charge in [-0.15, -0.1) is 0 Å². The normalized spacial score (nSPS) is 18.0. The molecule has 0 aliphatic carbocycles. The summed E-state index contributed by atoms with van der Waals surface area (Å²) in [6, 6.07) is 4.40. The average Bonchev–Trinajstić information content (AvgIpc) is 2.52.